The van der Waals surface area contributed by atoms with Gasteiger partial charge in [-0.05, 0) is 44.9 Å². The summed E-state index contributed by atoms with van der Waals surface area (Å²) < 4.78 is 11.5. The highest BCUT2D eigenvalue weighted by Gasteiger charge is 2.08. The van der Waals surface area contributed by atoms with Crippen LogP contribution in [0.3, 0.4) is 0 Å². The largest absolute Gasteiger partial charge is 0.396 e. The first-order valence-corrected chi connectivity index (χ1v) is 9.84. The van der Waals surface area contributed by atoms with E-state index in [1.807, 2.05) is 0 Å². The number of aliphatic hydroxyl groups is 1. The lowest BCUT2D eigenvalue weighted by Gasteiger charge is -2.18. The van der Waals surface area contributed by atoms with E-state index in [-0.39, 0.29) is 12.9 Å². The minimum absolute atomic E-state index is 0.0145. The zero-order valence-electron chi connectivity index (χ0n) is 15.6. The van der Waals surface area contributed by atoms with Crippen molar-refractivity contribution in [3.8, 4) is 0 Å². The topological polar surface area (TPSA) is 38.7 Å². The number of hydrogen-bond acceptors (Lipinski definition) is 3. The van der Waals surface area contributed by atoms with Crippen LogP contribution in [0.25, 0.3) is 0 Å². The Labute approximate surface area is 144 Å². The molecule has 0 atom stereocenters. The molecule has 0 aliphatic heterocycles. The summed E-state index contributed by atoms with van der Waals surface area (Å²) >= 11 is 0. The quantitative estimate of drug-likeness (QED) is 0.202. The molecule has 0 heterocycles. The van der Waals surface area contributed by atoms with E-state index in [0.29, 0.717) is 0 Å². The van der Waals surface area contributed by atoms with E-state index in [1.165, 1.54) is 44.9 Å². The molecule has 1 N–H and O–H groups in total. The average Bonchev–Trinajstić information content (AvgIpc) is 2.57. The highest BCUT2D eigenvalue weighted by molar-refractivity contribution is 4.80. The highest BCUT2D eigenvalue weighted by atomic mass is 16.7. The van der Waals surface area contributed by atoms with Crippen molar-refractivity contribution in [3.05, 3.63) is 12.2 Å². The third-order valence-corrected chi connectivity index (χ3v) is 3.79. The molecule has 3 nitrogen and oxygen atoms in total. The van der Waals surface area contributed by atoms with Crippen LogP contribution in [0.5, 0.6) is 0 Å². The van der Waals surface area contributed by atoms with Crippen molar-refractivity contribution < 1.29 is 14.6 Å². The molecule has 0 spiro atoms. The van der Waals surface area contributed by atoms with Crippen LogP contribution in [0, 0.1) is 0 Å². The Morgan fingerprint density at radius 2 is 1.26 bits per heavy atom. The van der Waals surface area contributed by atoms with Crippen LogP contribution in [0.15, 0.2) is 12.2 Å². The van der Waals surface area contributed by atoms with E-state index in [0.717, 1.165) is 45.3 Å². The number of unbranched alkanes of at least 4 members (excludes halogenated alkanes) is 7. The summed E-state index contributed by atoms with van der Waals surface area (Å²) in [6.07, 6.45) is 18.5. The Morgan fingerprint density at radius 3 is 1.83 bits per heavy atom. The summed E-state index contributed by atoms with van der Waals surface area (Å²) in [7, 11) is 0. The summed E-state index contributed by atoms with van der Waals surface area (Å²) in [4.78, 5) is 0. The maximum absolute atomic E-state index is 8.66. The molecule has 0 unspecified atom stereocenters. The third-order valence-electron chi connectivity index (χ3n) is 3.79. The van der Waals surface area contributed by atoms with Crippen LogP contribution in [0.1, 0.15) is 90.9 Å². The van der Waals surface area contributed by atoms with Gasteiger partial charge in [0.05, 0.1) is 0 Å². The van der Waals surface area contributed by atoms with Crippen molar-refractivity contribution >= 4 is 0 Å². The molecular weight excluding hydrogens is 288 g/mol. The Morgan fingerprint density at radius 1 is 0.739 bits per heavy atom. The molecule has 0 rings (SSSR count). The van der Waals surface area contributed by atoms with Crippen LogP contribution in [-0.2, 0) is 9.47 Å². The van der Waals surface area contributed by atoms with Crippen molar-refractivity contribution in [2.75, 3.05) is 19.8 Å². The lowest BCUT2D eigenvalue weighted by Crippen LogP contribution is -2.18. The molecule has 0 amide bonds. The van der Waals surface area contributed by atoms with Gasteiger partial charge in [-0.3, -0.25) is 0 Å². The van der Waals surface area contributed by atoms with E-state index in [9.17, 15) is 0 Å². The minimum Gasteiger partial charge on any atom is -0.396 e. The molecule has 0 aromatic rings. The van der Waals surface area contributed by atoms with Crippen LogP contribution in [0.2, 0.25) is 0 Å². The van der Waals surface area contributed by atoms with E-state index < -0.39 is 0 Å². The lowest BCUT2D eigenvalue weighted by atomic mass is 10.1. The minimum atomic E-state index is 0.0145. The molecule has 0 saturated carbocycles. The normalized spacial score (nSPS) is 11.8. The molecule has 0 aromatic heterocycles. The SMILES string of the molecule is CCCOC(CCCCCCCCC/C=C\CCO)OCCC. The van der Waals surface area contributed by atoms with Crippen molar-refractivity contribution in [2.24, 2.45) is 0 Å². The van der Waals surface area contributed by atoms with Gasteiger partial charge in [0, 0.05) is 19.8 Å². The summed E-state index contributed by atoms with van der Waals surface area (Å²) in [6.45, 7) is 6.16. The summed E-state index contributed by atoms with van der Waals surface area (Å²) in [6, 6.07) is 0. The second-order valence-electron chi connectivity index (χ2n) is 6.21. The van der Waals surface area contributed by atoms with Gasteiger partial charge in [-0.2, -0.15) is 0 Å². The molecule has 0 aliphatic rings. The molecule has 0 aliphatic carbocycles. The molecule has 3 heteroatoms. The van der Waals surface area contributed by atoms with Gasteiger partial charge in [-0.1, -0.05) is 58.1 Å². The summed E-state index contributed by atoms with van der Waals surface area (Å²) in [5, 5.41) is 8.66. The van der Waals surface area contributed by atoms with E-state index in [2.05, 4.69) is 26.0 Å². The number of hydrogen-bond donors (Lipinski definition) is 1. The molecule has 0 radical (unpaired) electrons. The Bertz CT molecular complexity index is 233. The standard InChI is InChI=1S/C20H40O3/c1-3-18-22-20(23-19-4-2)16-14-12-10-8-6-5-7-9-11-13-15-17-21/h11,13,20-21H,3-10,12,14-19H2,1-2H3/b13-11-. The van der Waals surface area contributed by atoms with Gasteiger partial charge >= 0.3 is 0 Å². The molecule has 0 bridgehead atoms. The molecule has 0 aromatic carbocycles. The molecule has 0 saturated heterocycles. The second kappa shape index (κ2) is 19.7. The van der Waals surface area contributed by atoms with Gasteiger partial charge in [-0.25, -0.2) is 0 Å². The maximum Gasteiger partial charge on any atom is 0.157 e. The van der Waals surface area contributed by atoms with Gasteiger partial charge in [-0.15, -0.1) is 0 Å². The fourth-order valence-electron chi connectivity index (χ4n) is 2.48. The van der Waals surface area contributed by atoms with Crippen molar-refractivity contribution in [1.82, 2.24) is 0 Å². The number of aliphatic hydroxyl groups excluding tert-OH is 1. The van der Waals surface area contributed by atoms with Crippen molar-refractivity contribution in [3.63, 3.8) is 0 Å². The fourth-order valence-corrected chi connectivity index (χ4v) is 2.48. The van der Waals surface area contributed by atoms with Gasteiger partial charge in [0.1, 0.15) is 0 Å². The third kappa shape index (κ3) is 17.8. The van der Waals surface area contributed by atoms with Gasteiger partial charge in [0.2, 0.25) is 0 Å². The average molecular weight is 329 g/mol. The monoisotopic (exact) mass is 328 g/mol. The molecule has 138 valence electrons. The Hall–Kier alpha value is -0.380. The van der Waals surface area contributed by atoms with Crippen LogP contribution < -0.4 is 0 Å². The van der Waals surface area contributed by atoms with E-state index in [1.54, 1.807) is 0 Å². The van der Waals surface area contributed by atoms with Crippen LogP contribution in [-0.4, -0.2) is 31.2 Å². The zero-order valence-corrected chi connectivity index (χ0v) is 15.6. The molecule has 23 heavy (non-hydrogen) atoms. The first kappa shape index (κ1) is 22.6. The smallest absolute Gasteiger partial charge is 0.157 e. The molecular formula is C20H40O3. The van der Waals surface area contributed by atoms with E-state index >= 15 is 0 Å². The first-order chi connectivity index (χ1) is 11.3. The Kier molecular flexibility index (Phi) is 19.3. The van der Waals surface area contributed by atoms with Crippen LogP contribution >= 0.6 is 0 Å². The second-order valence-corrected chi connectivity index (χ2v) is 6.21. The van der Waals surface area contributed by atoms with Gasteiger partial charge < -0.3 is 14.6 Å². The Balaban J connectivity index is 3.37. The van der Waals surface area contributed by atoms with Crippen molar-refractivity contribution in [1.29, 1.82) is 0 Å². The van der Waals surface area contributed by atoms with Gasteiger partial charge in [0.25, 0.3) is 0 Å². The van der Waals surface area contributed by atoms with Crippen molar-refractivity contribution in [2.45, 2.75) is 97.2 Å². The predicted octanol–water partition coefficient (Wildman–Crippen LogP) is 5.62. The summed E-state index contributed by atoms with van der Waals surface area (Å²) in [5.74, 6) is 0. The number of ether oxygens (including phenoxy) is 2. The highest BCUT2D eigenvalue weighted by Crippen LogP contribution is 2.13. The molecule has 0 fully saturated rings. The number of allylic oxidation sites excluding steroid dienone is 1. The maximum atomic E-state index is 8.66. The predicted molar refractivity (Wildman–Crippen MR) is 98.7 cm³/mol. The van der Waals surface area contributed by atoms with Gasteiger partial charge in [0.15, 0.2) is 6.29 Å². The van der Waals surface area contributed by atoms with Crippen LogP contribution in [0.4, 0.5) is 0 Å². The summed E-state index contributed by atoms with van der Waals surface area (Å²) in [5.41, 5.74) is 0. The zero-order chi connectivity index (χ0) is 17.0. The number of rotatable bonds is 18. The first-order valence-electron chi connectivity index (χ1n) is 9.84. The lowest BCUT2D eigenvalue weighted by molar-refractivity contribution is -0.146. The van der Waals surface area contributed by atoms with E-state index in [4.69, 9.17) is 14.6 Å². The fraction of sp³-hybridized carbons (Fsp3) is 0.900.